The summed E-state index contributed by atoms with van der Waals surface area (Å²) in [7, 11) is -3.04. The number of carbonyl (C=O) groups is 2. The van der Waals surface area contributed by atoms with E-state index in [0.29, 0.717) is 39.3 Å². The second-order valence-electron chi connectivity index (χ2n) is 5.41. The Hall–Kier alpha value is -1.15. The van der Waals surface area contributed by atoms with Gasteiger partial charge in [0.05, 0.1) is 24.7 Å². The van der Waals surface area contributed by atoms with Crippen molar-refractivity contribution in [1.29, 1.82) is 0 Å². The molecule has 2 fully saturated rings. The molecule has 7 nitrogen and oxygen atoms in total. The zero-order valence-corrected chi connectivity index (χ0v) is 13.1. The number of ether oxygens (including phenoxy) is 1. The van der Waals surface area contributed by atoms with Crippen molar-refractivity contribution in [2.75, 3.05) is 44.4 Å². The third kappa shape index (κ3) is 4.16. The van der Waals surface area contributed by atoms with Crippen LogP contribution in [-0.4, -0.2) is 80.4 Å². The van der Waals surface area contributed by atoms with Crippen molar-refractivity contribution in [3.8, 4) is 0 Å². The van der Waals surface area contributed by atoms with Crippen LogP contribution in [0.25, 0.3) is 0 Å². The first-order valence-electron chi connectivity index (χ1n) is 7.28. The van der Waals surface area contributed by atoms with E-state index < -0.39 is 9.84 Å². The molecule has 0 aromatic carbocycles. The minimum atomic E-state index is -3.04. The number of morpholine rings is 1. The predicted molar refractivity (Wildman–Crippen MR) is 76.5 cm³/mol. The van der Waals surface area contributed by atoms with E-state index in [2.05, 4.69) is 0 Å². The van der Waals surface area contributed by atoms with Gasteiger partial charge in [0.1, 0.15) is 6.42 Å². The highest BCUT2D eigenvalue weighted by atomic mass is 32.2. The predicted octanol–water partition coefficient (Wildman–Crippen LogP) is -0.729. The first kappa shape index (κ1) is 16.2. The first-order chi connectivity index (χ1) is 9.93. The van der Waals surface area contributed by atoms with E-state index in [4.69, 9.17) is 4.74 Å². The van der Waals surface area contributed by atoms with E-state index in [1.807, 2.05) is 6.92 Å². The second kappa shape index (κ2) is 6.74. The molecule has 2 rings (SSSR count). The van der Waals surface area contributed by atoms with Crippen molar-refractivity contribution >= 4 is 21.7 Å². The lowest BCUT2D eigenvalue weighted by molar-refractivity contribution is -0.143. The van der Waals surface area contributed by atoms with Crippen LogP contribution in [0.2, 0.25) is 0 Å². The average Bonchev–Trinajstić information content (AvgIpc) is 2.80. The molecule has 2 saturated heterocycles. The number of amides is 2. The maximum absolute atomic E-state index is 12.3. The maximum Gasteiger partial charge on any atom is 0.232 e. The third-order valence-electron chi connectivity index (χ3n) is 3.98. The van der Waals surface area contributed by atoms with Crippen molar-refractivity contribution in [1.82, 2.24) is 9.80 Å². The summed E-state index contributed by atoms with van der Waals surface area (Å²) in [6.07, 6.45) is 0.276. The molecule has 21 heavy (non-hydrogen) atoms. The van der Waals surface area contributed by atoms with Gasteiger partial charge in [-0.25, -0.2) is 8.42 Å². The molecule has 0 saturated carbocycles. The summed E-state index contributed by atoms with van der Waals surface area (Å²) >= 11 is 0. The van der Waals surface area contributed by atoms with Crippen LogP contribution in [0.15, 0.2) is 0 Å². The van der Waals surface area contributed by atoms with Crippen LogP contribution < -0.4 is 0 Å². The van der Waals surface area contributed by atoms with Gasteiger partial charge in [-0.05, 0) is 13.3 Å². The number of nitrogens with zero attached hydrogens (tertiary/aromatic N) is 2. The summed E-state index contributed by atoms with van der Waals surface area (Å²) in [6.45, 7) is 4.25. The molecule has 8 heteroatoms. The largest absolute Gasteiger partial charge is 0.378 e. The van der Waals surface area contributed by atoms with E-state index in [9.17, 15) is 18.0 Å². The van der Waals surface area contributed by atoms with Gasteiger partial charge in [0.25, 0.3) is 0 Å². The highest BCUT2D eigenvalue weighted by Gasteiger charge is 2.34. The van der Waals surface area contributed by atoms with E-state index in [0.717, 1.165) is 0 Å². The van der Waals surface area contributed by atoms with Gasteiger partial charge in [0.2, 0.25) is 11.8 Å². The molecule has 2 heterocycles. The SMILES string of the molecule is CCN(C(=O)CC(=O)N1CCOCC1)C1CCS(=O)(=O)C1. The number of rotatable bonds is 4. The Kier molecular flexibility index (Phi) is 5.21. The fourth-order valence-electron chi connectivity index (χ4n) is 2.81. The molecule has 0 aromatic rings. The fourth-order valence-corrected chi connectivity index (χ4v) is 4.55. The fraction of sp³-hybridized carbons (Fsp3) is 0.846. The maximum atomic E-state index is 12.3. The molecule has 0 bridgehead atoms. The normalized spacial score (nSPS) is 24.8. The zero-order chi connectivity index (χ0) is 15.5. The molecular weight excluding hydrogens is 296 g/mol. The molecule has 120 valence electrons. The van der Waals surface area contributed by atoms with Crippen molar-refractivity contribution in [3.63, 3.8) is 0 Å². The lowest BCUT2D eigenvalue weighted by Gasteiger charge is -2.30. The molecule has 0 N–H and O–H groups in total. The van der Waals surface area contributed by atoms with Gasteiger partial charge in [-0.1, -0.05) is 0 Å². The molecule has 1 atom stereocenters. The molecule has 2 aliphatic rings. The minimum Gasteiger partial charge on any atom is -0.378 e. The smallest absolute Gasteiger partial charge is 0.232 e. The molecule has 0 spiro atoms. The highest BCUT2D eigenvalue weighted by Crippen LogP contribution is 2.18. The van der Waals surface area contributed by atoms with E-state index in [1.54, 1.807) is 4.90 Å². The van der Waals surface area contributed by atoms with Crippen molar-refractivity contribution in [2.24, 2.45) is 0 Å². The molecule has 0 aliphatic carbocycles. The number of carbonyl (C=O) groups excluding carboxylic acids is 2. The monoisotopic (exact) mass is 318 g/mol. The van der Waals surface area contributed by atoms with Gasteiger partial charge in [-0.3, -0.25) is 9.59 Å². The zero-order valence-electron chi connectivity index (χ0n) is 12.3. The van der Waals surface area contributed by atoms with Crippen LogP contribution in [0.5, 0.6) is 0 Å². The van der Waals surface area contributed by atoms with E-state index in [-0.39, 0.29) is 35.8 Å². The molecule has 1 unspecified atom stereocenters. The number of hydrogen-bond acceptors (Lipinski definition) is 5. The summed E-state index contributed by atoms with van der Waals surface area (Å²) < 4.78 is 28.2. The topological polar surface area (TPSA) is 84.0 Å². The Morgan fingerprint density at radius 1 is 1.29 bits per heavy atom. The van der Waals surface area contributed by atoms with Gasteiger partial charge in [0.15, 0.2) is 9.84 Å². The number of hydrogen-bond donors (Lipinski definition) is 0. The Labute approximate surface area is 125 Å². The van der Waals surface area contributed by atoms with Gasteiger partial charge >= 0.3 is 0 Å². The van der Waals surface area contributed by atoms with Crippen molar-refractivity contribution < 1.29 is 22.7 Å². The van der Waals surface area contributed by atoms with Crippen molar-refractivity contribution in [3.05, 3.63) is 0 Å². The van der Waals surface area contributed by atoms with Crippen molar-refractivity contribution in [2.45, 2.75) is 25.8 Å². The standard InChI is InChI=1S/C13H22N2O5S/c1-2-15(11-3-8-21(18,19)10-11)13(17)9-12(16)14-4-6-20-7-5-14/h11H,2-10H2,1H3. The first-order valence-corrected chi connectivity index (χ1v) is 9.10. The molecule has 2 aliphatic heterocycles. The van der Waals surface area contributed by atoms with Crippen LogP contribution in [0, 0.1) is 0 Å². The van der Waals surface area contributed by atoms with E-state index >= 15 is 0 Å². The Morgan fingerprint density at radius 3 is 2.48 bits per heavy atom. The lowest BCUT2D eigenvalue weighted by Crippen LogP contribution is -2.46. The molecule has 0 radical (unpaired) electrons. The van der Waals surface area contributed by atoms with Gasteiger partial charge in [0, 0.05) is 25.7 Å². The second-order valence-corrected chi connectivity index (χ2v) is 7.64. The Bertz CT molecular complexity index is 499. The summed E-state index contributed by atoms with van der Waals surface area (Å²) in [6, 6.07) is -0.287. The lowest BCUT2D eigenvalue weighted by atomic mass is 10.2. The highest BCUT2D eigenvalue weighted by molar-refractivity contribution is 7.91. The van der Waals surface area contributed by atoms with Crippen LogP contribution in [-0.2, 0) is 24.2 Å². The van der Waals surface area contributed by atoms with E-state index in [1.165, 1.54) is 4.90 Å². The Morgan fingerprint density at radius 2 is 1.95 bits per heavy atom. The summed E-state index contributed by atoms with van der Waals surface area (Å²) in [5.41, 5.74) is 0. The number of sulfone groups is 1. The summed E-state index contributed by atoms with van der Waals surface area (Å²) in [5, 5.41) is 0. The van der Waals surface area contributed by atoms with Gasteiger partial charge in [-0.2, -0.15) is 0 Å². The molecule has 0 aromatic heterocycles. The summed E-state index contributed by atoms with van der Waals surface area (Å²) in [4.78, 5) is 27.5. The average molecular weight is 318 g/mol. The van der Waals surface area contributed by atoms with Gasteiger partial charge < -0.3 is 14.5 Å². The van der Waals surface area contributed by atoms with Crippen LogP contribution >= 0.6 is 0 Å². The van der Waals surface area contributed by atoms with Crippen LogP contribution in [0.4, 0.5) is 0 Å². The van der Waals surface area contributed by atoms with Gasteiger partial charge in [-0.15, -0.1) is 0 Å². The summed E-state index contributed by atoms with van der Waals surface area (Å²) in [5.74, 6) is -0.351. The van der Waals surface area contributed by atoms with Crippen LogP contribution in [0.1, 0.15) is 19.8 Å². The van der Waals surface area contributed by atoms with Crippen LogP contribution in [0.3, 0.4) is 0 Å². The minimum absolute atomic E-state index is 0.0122. The quantitative estimate of drug-likeness (QED) is 0.638. The molecular formula is C13H22N2O5S. The third-order valence-corrected chi connectivity index (χ3v) is 5.73. The molecule has 2 amide bonds. The Balaban J connectivity index is 1.92.